The molecule has 2 heterocycles. The first-order chi connectivity index (χ1) is 16.3. The highest BCUT2D eigenvalue weighted by molar-refractivity contribution is 5.96. The molecule has 174 valence electrons. The van der Waals surface area contributed by atoms with E-state index < -0.39 is 0 Å². The first-order valence-electron chi connectivity index (χ1n) is 11.6. The number of fused-ring (bicyclic) bond motifs is 1. The lowest BCUT2D eigenvalue weighted by Crippen LogP contribution is -2.42. The molecule has 0 spiro atoms. The molecule has 6 heteroatoms. The van der Waals surface area contributed by atoms with Gasteiger partial charge in [-0.25, -0.2) is 4.98 Å². The van der Waals surface area contributed by atoms with Crippen molar-refractivity contribution in [3.63, 3.8) is 0 Å². The van der Waals surface area contributed by atoms with Crippen LogP contribution >= 0.6 is 0 Å². The molecule has 34 heavy (non-hydrogen) atoms. The maximum atomic E-state index is 13.5. The predicted octanol–water partition coefficient (Wildman–Crippen LogP) is 5.70. The molecule has 0 fully saturated rings. The Kier molecular flexibility index (Phi) is 6.50. The third-order valence-corrected chi connectivity index (χ3v) is 5.79. The van der Waals surface area contributed by atoms with E-state index in [1.807, 2.05) is 105 Å². The molecule has 0 saturated heterocycles. The Morgan fingerprint density at radius 1 is 0.912 bits per heavy atom. The van der Waals surface area contributed by atoms with Gasteiger partial charge in [0.25, 0.3) is 5.91 Å². The predicted molar refractivity (Wildman–Crippen MR) is 138 cm³/mol. The molecule has 2 aromatic carbocycles. The highest BCUT2D eigenvalue weighted by Crippen LogP contribution is 2.26. The summed E-state index contributed by atoms with van der Waals surface area (Å²) < 4.78 is 1.91. The normalized spacial score (nSPS) is 11.3. The van der Waals surface area contributed by atoms with Crippen molar-refractivity contribution in [3.05, 3.63) is 94.3 Å². The van der Waals surface area contributed by atoms with Crippen LogP contribution in [0.1, 0.15) is 43.7 Å². The molecule has 0 aliphatic carbocycles. The Hall–Kier alpha value is -3.93. The van der Waals surface area contributed by atoms with Crippen molar-refractivity contribution in [2.75, 3.05) is 5.32 Å². The molecule has 1 N–H and O–H groups in total. The fourth-order valence-corrected chi connectivity index (χ4v) is 4.40. The Labute approximate surface area is 199 Å². The molecule has 0 unspecified atom stereocenters. The van der Waals surface area contributed by atoms with E-state index in [1.54, 1.807) is 12.1 Å². The largest absolute Gasteiger partial charge is 0.341 e. The fraction of sp³-hybridized carbons (Fsp3) is 0.250. The first kappa shape index (κ1) is 23.2. The summed E-state index contributed by atoms with van der Waals surface area (Å²) in [5, 5.41) is 3.86. The van der Waals surface area contributed by atoms with Gasteiger partial charge in [-0.2, -0.15) is 0 Å². The average molecular weight is 455 g/mol. The highest BCUT2D eigenvalue weighted by Gasteiger charge is 2.25. The number of pyridine rings is 2. The summed E-state index contributed by atoms with van der Waals surface area (Å²) >= 11 is 0. The Morgan fingerprint density at radius 2 is 1.50 bits per heavy atom. The van der Waals surface area contributed by atoms with Crippen molar-refractivity contribution < 1.29 is 4.79 Å². The molecule has 0 saturated carbocycles. The lowest BCUT2D eigenvalue weighted by atomic mass is 10.1. The number of hydrogen-bond donors (Lipinski definition) is 1. The van der Waals surface area contributed by atoms with Gasteiger partial charge in [-0.1, -0.05) is 36.4 Å². The zero-order valence-electron chi connectivity index (χ0n) is 20.2. The number of anilines is 2. The minimum atomic E-state index is -0.150. The number of para-hydroxylation sites is 2. The summed E-state index contributed by atoms with van der Waals surface area (Å²) in [4.78, 5) is 33.3. The lowest BCUT2D eigenvalue weighted by Gasteiger charge is -2.30. The number of benzene rings is 2. The van der Waals surface area contributed by atoms with Gasteiger partial charge >= 0.3 is 0 Å². The molecular formula is C28H30N4O2. The van der Waals surface area contributed by atoms with Gasteiger partial charge in [0.05, 0.1) is 5.39 Å². The molecule has 0 aliphatic heterocycles. The van der Waals surface area contributed by atoms with Gasteiger partial charge in [0.2, 0.25) is 0 Å². The van der Waals surface area contributed by atoms with Crippen LogP contribution in [0.3, 0.4) is 0 Å². The summed E-state index contributed by atoms with van der Waals surface area (Å²) in [6.45, 7) is 9.83. The van der Waals surface area contributed by atoms with Crippen LogP contribution < -0.4 is 10.7 Å². The second kappa shape index (κ2) is 9.51. The van der Waals surface area contributed by atoms with Gasteiger partial charge < -0.3 is 10.2 Å². The molecule has 4 rings (SSSR count). The van der Waals surface area contributed by atoms with E-state index in [0.29, 0.717) is 22.5 Å². The summed E-state index contributed by atoms with van der Waals surface area (Å²) in [6.07, 6.45) is 0. The van der Waals surface area contributed by atoms with E-state index in [0.717, 1.165) is 16.9 Å². The van der Waals surface area contributed by atoms with Crippen LogP contribution in [0.25, 0.3) is 16.7 Å². The van der Waals surface area contributed by atoms with Gasteiger partial charge in [-0.15, -0.1) is 0 Å². The Balaban J connectivity index is 2.01. The lowest BCUT2D eigenvalue weighted by molar-refractivity contribution is 0.0638. The minimum Gasteiger partial charge on any atom is -0.341 e. The van der Waals surface area contributed by atoms with Crippen molar-refractivity contribution in [2.24, 2.45) is 0 Å². The van der Waals surface area contributed by atoms with E-state index in [-0.39, 0.29) is 23.4 Å². The van der Waals surface area contributed by atoms with Crippen LogP contribution in [-0.2, 0) is 0 Å². The van der Waals surface area contributed by atoms with Crippen molar-refractivity contribution in [3.8, 4) is 5.69 Å². The van der Waals surface area contributed by atoms with Gasteiger partial charge in [0.15, 0.2) is 11.1 Å². The SMILES string of the molecule is Cc1cc(C(=O)N(C(C)C)C(C)C)nc2c1c(=O)cc(Nc1ccccc1)n2-c1ccccc1. The van der Waals surface area contributed by atoms with Gasteiger partial charge in [-0.3, -0.25) is 14.2 Å². The van der Waals surface area contributed by atoms with Crippen LogP contribution in [0.15, 0.2) is 77.6 Å². The number of nitrogens with one attached hydrogen (secondary N) is 1. The van der Waals surface area contributed by atoms with E-state index >= 15 is 0 Å². The van der Waals surface area contributed by atoms with E-state index in [2.05, 4.69) is 5.32 Å². The summed E-state index contributed by atoms with van der Waals surface area (Å²) in [6, 6.07) is 22.8. The number of hydrogen-bond acceptors (Lipinski definition) is 4. The maximum absolute atomic E-state index is 13.5. The van der Waals surface area contributed by atoms with Gasteiger partial charge in [0, 0.05) is 29.5 Å². The second-order valence-corrected chi connectivity index (χ2v) is 8.98. The smallest absolute Gasteiger partial charge is 0.273 e. The zero-order chi connectivity index (χ0) is 24.4. The van der Waals surface area contributed by atoms with Crippen LogP contribution in [0.2, 0.25) is 0 Å². The maximum Gasteiger partial charge on any atom is 0.273 e. The molecule has 0 aliphatic rings. The third kappa shape index (κ3) is 4.44. The number of amides is 1. The van der Waals surface area contributed by atoms with Crippen LogP contribution in [0.4, 0.5) is 11.5 Å². The topological polar surface area (TPSA) is 67.2 Å². The molecule has 4 aromatic rings. The third-order valence-electron chi connectivity index (χ3n) is 5.79. The molecular weight excluding hydrogens is 424 g/mol. The van der Waals surface area contributed by atoms with Crippen LogP contribution in [-0.4, -0.2) is 32.4 Å². The minimum absolute atomic E-state index is 0.0210. The number of carbonyl (C=O) groups is 1. The molecule has 0 bridgehead atoms. The monoisotopic (exact) mass is 454 g/mol. The number of nitrogens with zero attached hydrogens (tertiary/aromatic N) is 3. The number of rotatable bonds is 6. The average Bonchev–Trinajstić information content (AvgIpc) is 2.79. The van der Waals surface area contributed by atoms with Crippen molar-refractivity contribution in [1.29, 1.82) is 0 Å². The quantitative estimate of drug-likeness (QED) is 0.406. The summed E-state index contributed by atoms with van der Waals surface area (Å²) in [5.41, 5.74) is 3.05. The van der Waals surface area contributed by atoms with Crippen molar-refractivity contribution >= 4 is 28.4 Å². The van der Waals surface area contributed by atoms with Crippen LogP contribution in [0.5, 0.6) is 0 Å². The van der Waals surface area contributed by atoms with E-state index in [4.69, 9.17) is 4.98 Å². The molecule has 6 nitrogen and oxygen atoms in total. The molecule has 2 aromatic heterocycles. The van der Waals surface area contributed by atoms with E-state index in [1.165, 1.54) is 0 Å². The summed E-state index contributed by atoms with van der Waals surface area (Å²) in [7, 11) is 0. The Morgan fingerprint density at radius 3 is 2.09 bits per heavy atom. The molecule has 1 amide bonds. The number of aryl methyl sites for hydroxylation is 1. The zero-order valence-corrected chi connectivity index (χ0v) is 20.2. The van der Waals surface area contributed by atoms with Gasteiger partial charge in [0.1, 0.15) is 11.5 Å². The first-order valence-corrected chi connectivity index (χ1v) is 11.6. The van der Waals surface area contributed by atoms with Crippen molar-refractivity contribution in [1.82, 2.24) is 14.5 Å². The molecule has 0 radical (unpaired) electrons. The number of carbonyl (C=O) groups excluding carboxylic acids is 1. The standard InChI is InChI=1S/C28H30N4O2/c1-18(2)31(19(3)4)28(34)23-16-20(5)26-24(33)17-25(29-21-12-8-6-9-13-21)32(27(26)30-23)22-14-10-7-11-15-22/h6-19,29H,1-5H3. The van der Waals surface area contributed by atoms with Crippen molar-refractivity contribution in [2.45, 2.75) is 46.7 Å². The van der Waals surface area contributed by atoms with E-state index in [9.17, 15) is 9.59 Å². The van der Waals surface area contributed by atoms with Crippen LogP contribution in [0, 0.1) is 6.92 Å². The highest BCUT2D eigenvalue weighted by atomic mass is 16.2. The number of aromatic nitrogens is 2. The second-order valence-electron chi connectivity index (χ2n) is 8.98. The molecule has 0 atom stereocenters. The van der Waals surface area contributed by atoms with Gasteiger partial charge in [-0.05, 0) is 70.5 Å². The Bertz CT molecular complexity index is 1370. The summed E-state index contributed by atoms with van der Waals surface area (Å²) in [5.74, 6) is 0.430. The fourth-order valence-electron chi connectivity index (χ4n) is 4.40.